The molecule has 1 amide bonds. The van der Waals surface area contributed by atoms with Crippen molar-refractivity contribution in [3.8, 4) is 0 Å². The molecule has 2 aromatic carbocycles. The molecular formula is C23H28N2O5S. The third kappa shape index (κ3) is 6.90. The van der Waals surface area contributed by atoms with E-state index >= 15 is 0 Å². The predicted molar refractivity (Wildman–Crippen MR) is 117 cm³/mol. The van der Waals surface area contributed by atoms with Crippen molar-refractivity contribution in [1.29, 1.82) is 0 Å². The molecule has 0 radical (unpaired) electrons. The van der Waals surface area contributed by atoms with E-state index < -0.39 is 16.0 Å². The van der Waals surface area contributed by atoms with E-state index in [2.05, 4.69) is 4.72 Å². The Morgan fingerprint density at radius 2 is 1.84 bits per heavy atom. The maximum Gasteiger partial charge on any atom is 0.338 e. The van der Waals surface area contributed by atoms with Gasteiger partial charge in [-0.1, -0.05) is 43.3 Å². The number of hydrogen-bond donors (Lipinski definition) is 1. The van der Waals surface area contributed by atoms with E-state index in [0.29, 0.717) is 19.0 Å². The Morgan fingerprint density at radius 3 is 2.52 bits per heavy atom. The van der Waals surface area contributed by atoms with Gasteiger partial charge in [0, 0.05) is 19.6 Å². The first-order chi connectivity index (χ1) is 14.9. The molecule has 0 aliphatic heterocycles. The van der Waals surface area contributed by atoms with Crippen LogP contribution in [0.1, 0.15) is 42.1 Å². The van der Waals surface area contributed by atoms with Crippen molar-refractivity contribution in [2.24, 2.45) is 5.92 Å². The van der Waals surface area contributed by atoms with Crippen LogP contribution < -0.4 is 4.72 Å². The smallest absolute Gasteiger partial charge is 0.338 e. The normalized spacial score (nSPS) is 13.6. The van der Waals surface area contributed by atoms with Crippen molar-refractivity contribution in [3.05, 3.63) is 65.7 Å². The molecule has 1 fully saturated rings. The molecule has 1 N–H and O–H groups in total. The predicted octanol–water partition coefficient (Wildman–Crippen LogP) is 2.97. The molecular weight excluding hydrogens is 416 g/mol. The third-order valence-electron chi connectivity index (χ3n) is 5.04. The highest BCUT2D eigenvalue weighted by molar-refractivity contribution is 7.89. The number of nitrogens with zero attached hydrogens (tertiary/aromatic N) is 1. The summed E-state index contributed by atoms with van der Waals surface area (Å²) in [7, 11) is -3.81. The zero-order valence-corrected chi connectivity index (χ0v) is 18.4. The van der Waals surface area contributed by atoms with Crippen LogP contribution in [0.2, 0.25) is 0 Å². The van der Waals surface area contributed by atoms with E-state index in [0.717, 1.165) is 24.8 Å². The molecule has 0 heterocycles. The van der Waals surface area contributed by atoms with Gasteiger partial charge >= 0.3 is 5.97 Å². The molecule has 0 atom stereocenters. The van der Waals surface area contributed by atoms with Crippen LogP contribution in [0.4, 0.5) is 0 Å². The van der Waals surface area contributed by atoms with Crippen LogP contribution in [0, 0.1) is 5.92 Å². The van der Waals surface area contributed by atoms with Crippen molar-refractivity contribution >= 4 is 21.9 Å². The first kappa shape index (κ1) is 23.0. The number of nitrogens with one attached hydrogen (secondary N) is 1. The lowest BCUT2D eigenvalue weighted by atomic mass is 10.2. The van der Waals surface area contributed by atoms with Crippen LogP contribution in [0.25, 0.3) is 0 Å². The van der Waals surface area contributed by atoms with Crippen LogP contribution in [0.15, 0.2) is 59.5 Å². The van der Waals surface area contributed by atoms with Crippen molar-refractivity contribution in [1.82, 2.24) is 9.62 Å². The first-order valence-electron chi connectivity index (χ1n) is 10.5. The highest BCUT2D eigenvalue weighted by Crippen LogP contribution is 2.29. The summed E-state index contributed by atoms with van der Waals surface area (Å²) in [6.45, 7) is 3.12. The fourth-order valence-electron chi connectivity index (χ4n) is 3.15. The standard InChI is InChI=1S/C23H28N2O5S/c1-2-13-25(16-19-11-12-19)22(26)17-30-23(27)20-9-6-10-21(14-20)31(28,29)24-15-18-7-4-3-5-8-18/h3-10,14,19,24H,2,11-13,15-17H2,1H3. The van der Waals surface area contributed by atoms with E-state index in [1.165, 1.54) is 24.3 Å². The number of sulfonamides is 1. The largest absolute Gasteiger partial charge is 0.452 e. The average molecular weight is 445 g/mol. The minimum Gasteiger partial charge on any atom is -0.452 e. The van der Waals surface area contributed by atoms with E-state index in [1.807, 2.05) is 37.3 Å². The van der Waals surface area contributed by atoms with Gasteiger partial charge in [-0.25, -0.2) is 17.9 Å². The number of ether oxygens (including phenoxy) is 1. The first-order valence-corrected chi connectivity index (χ1v) is 12.0. The number of rotatable bonds is 11. The summed E-state index contributed by atoms with van der Waals surface area (Å²) in [5, 5.41) is 0. The number of amides is 1. The maximum absolute atomic E-state index is 12.6. The molecule has 1 aliphatic carbocycles. The number of esters is 1. The van der Waals surface area contributed by atoms with Crippen molar-refractivity contribution in [2.45, 2.75) is 37.6 Å². The number of carbonyl (C=O) groups excluding carboxylic acids is 2. The van der Waals surface area contributed by atoms with Gasteiger partial charge in [-0.3, -0.25) is 4.79 Å². The van der Waals surface area contributed by atoms with Gasteiger partial charge in [0.25, 0.3) is 5.91 Å². The molecule has 8 heteroatoms. The van der Waals surface area contributed by atoms with Crippen LogP contribution in [0.5, 0.6) is 0 Å². The molecule has 2 aromatic rings. The molecule has 0 unspecified atom stereocenters. The molecule has 0 aromatic heterocycles. The monoisotopic (exact) mass is 444 g/mol. The van der Waals surface area contributed by atoms with Crippen molar-refractivity contribution in [2.75, 3.05) is 19.7 Å². The summed E-state index contributed by atoms with van der Waals surface area (Å²) in [5.74, 6) is -0.400. The van der Waals surface area contributed by atoms with Gasteiger partial charge in [-0.15, -0.1) is 0 Å². The topological polar surface area (TPSA) is 92.8 Å². The fourth-order valence-corrected chi connectivity index (χ4v) is 4.21. The maximum atomic E-state index is 12.6. The molecule has 1 aliphatic rings. The van der Waals surface area contributed by atoms with Gasteiger partial charge < -0.3 is 9.64 Å². The summed E-state index contributed by atoms with van der Waals surface area (Å²) in [4.78, 5) is 26.5. The Labute approximate surface area is 183 Å². The Morgan fingerprint density at radius 1 is 1.10 bits per heavy atom. The summed E-state index contributed by atoms with van der Waals surface area (Å²) in [6, 6.07) is 14.8. The van der Waals surface area contributed by atoms with Crippen molar-refractivity contribution < 1.29 is 22.7 Å². The van der Waals surface area contributed by atoms with Crippen LogP contribution in [-0.2, 0) is 26.1 Å². The van der Waals surface area contributed by atoms with E-state index in [1.54, 1.807) is 4.90 Å². The molecule has 1 saturated carbocycles. The van der Waals surface area contributed by atoms with Gasteiger partial charge in [-0.05, 0) is 48.9 Å². The van der Waals surface area contributed by atoms with Crippen LogP contribution in [0.3, 0.4) is 0 Å². The van der Waals surface area contributed by atoms with Gasteiger partial charge in [0.1, 0.15) is 0 Å². The second-order valence-corrected chi connectivity index (χ2v) is 9.46. The number of hydrogen-bond acceptors (Lipinski definition) is 5. The number of benzene rings is 2. The van der Waals surface area contributed by atoms with Gasteiger partial charge in [-0.2, -0.15) is 0 Å². The molecule has 0 saturated heterocycles. The summed E-state index contributed by atoms with van der Waals surface area (Å²) in [6.07, 6.45) is 3.10. The SMILES string of the molecule is CCCN(CC1CC1)C(=O)COC(=O)c1cccc(S(=O)(=O)NCc2ccccc2)c1. The van der Waals surface area contributed by atoms with Crippen LogP contribution >= 0.6 is 0 Å². The zero-order chi connectivity index (χ0) is 22.3. The molecule has 166 valence electrons. The third-order valence-corrected chi connectivity index (χ3v) is 6.44. The molecule has 0 spiro atoms. The minimum atomic E-state index is -3.81. The lowest BCUT2D eigenvalue weighted by molar-refractivity contribution is -0.134. The van der Waals surface area contributed by atoms with E-state index in [4.69, 9.17) is 4.74 Å². The molecule has 7 nitrogen and oxygen atoms in total. The van der Waals surface area contributed by atoms with E-state index in [-0.39, 0.29) is 29.5 Å². The summed E-state index contributed by atoms with van der Waals surface area (Å²) in [5.41, 5.74) is 0.905. The summed E-state index contributed by atoms with van der Waals surface area (Å²) >= 11 is 0. The second-order valence-electron chi connectivity index (χ2n) is 7.70. The average Bonchev–Trinajstić information content (AvgIpc) is 3.60. The Bertz CT molecular complexity index is 1000. The Kier molecular flexibility index (Phi) is 7.81. The molecule has 3 rings (SSSR count). The minimum absolute atomic E-state index is 0.0365. The fraction of sp³-hybridized carbons (Fsp3) is 0.391. The van der Waals surface area contributed by atoms with Gasteiger partial charge in [0.15, 0.2) is 6.61 Å². The zero-order valence-electron chi connectivity index (χ0n) is 17.6. The lowest BCUT2D eigenvalue weighted by Crippen LogP contribution is -2.36. The van der Waals surface area contributed by atoms with Crippen LogP contribution in [-0.4, -0.2) is 44.9 Å². The number of carbonyl (C=O) groups is 2. The van der Waals surface area contributed by atoms with E-state index in [9.17, 15) is 18.0 Å². The molecule has 31 heavy (non-hydrogen) atoms. The quantitative estimate of drug-likeness (QED) is 0.538. The second kappa shape index (κ2) is 10.5. The lowest BCUT2D eigenvalue weighted by Gasteiger charge is -2.21. The Balaban J connectivity index is 1.59. The van der Waals surface area contributed by atoms with Gasteiger partial charge in [0.2, 0.25) is 10.0 Å². The van der Waals surface area contributed by atoms with Gasteiger partial charge in [0.05, 0.1) is 10.5 Å². The highest BCUT2D eigenvalue weighted by Gasteiger charge is 2.27. The van der Waals surface area contributed by atoms with Crippen molar-refractivity contribution in [3.63, 3.8) is 0 Å². The Hall–Kier alpha value is -2.71. The molecule has 0 bridgehead atoms. The summed E-state index contributed by atoms with van der Waals surface area (Å²) < 4.78 is 32.9. The highest BCUT2D eigenvalue weighted by atomic mass is 32.2.